The van der Waals surface area contributed by atoms with E-state index in [9.17, 15) is 14.4 Å². The van der Waals surface area contributed by atoms with Crippen LogP contribution >= 0.6 is 12.4 Å². The highest BCUT2D eigenvalue weighted by Gasteiger charge is 2.35. The lowest BCUT2D eigenvalue weighted by atomic mass is 9.81. The Kier molecular flexibility index (Phi) is 13.0. The third-order valence-electron chi connectivity index (χ3n) is 8.61. The zero-order chi connectivity index (χ0) is 33.3. The molecule has 1 saturated carbocycles. The largest absolute Gasteiger partial charge is 0.478 e. The van der Waals surface area contributed by atoms with E-state index in [1.807, 2.05) is 50.5 Å². The molecule has 2 heterocycles. The number of hydrogen-bond acceptors (Lipinski definition) is 10. The van der Waals surface area contributed by atoms with Crippen LogP contribution in [0.4, 0.5) is 5.69 Å². The Morgan fingerprint density at radius 2 is 1.65 bits per heavy atom. The molecule has 1 fully saturated rings. The SMILES string of the molecule is CN(C)CCCOc1ccc(-c2ccc(C[C@H](N)C(=O)N(c3ccc(-c4noc(=O)[nH]4)cc3)C(=O)[C@H]3CC[C@H](CN)CC3)cc2)cn1.Cl. The number of aromatic amines is 1. The highest BCUT2D eigenvalue weighted by Crippen LogP contribution is 2.32. The van der Waals surface area contributed by atoms with Crippen molar-refractivity contribution >= 4 is 29.9 Å². The third kappa shape index (κ3) is 9.38. The summed E-state index contributed by atoms with van der Waals surface area (Å²) in [6.45, 7) is 2.14. The summed E-state index contributed by atoms with van der Waals surface area (Å²) in [5.74, 6) is -0.497. The van der Waals surface area contributed by atoms with E-state index in [4.69, 9.17) is 16.2 Å². The van der Waals surface area contributed by atoms with E-state index < -0.39 is 17.7 Å². The summed E-state index contributed by atoms with van der Waals surface area (Å²) < 4.78 is 10.3. The molecular formula is C35H44ClN7O5. The molecule has 0 aliphatic heterocycles. The standard InChI is InChI=1S/C35H43N7O5.ClH/c1-41(2)18-3-19-46-31-17-14-28(22-38-31)25-8-4-23(5-9-25)20-30(37)34(44)42(33(43)27-10-6-24(21-36)7-11-27)29-15-12-26(13-16-29)32-39-35(45)47-40-32;/h4-5,8-9,12-17,22,24,27,30H,3,6-7,10-11,18-21,36-37H2,1-2H3,(H,39,40,45);1H/t24-,27-,30-;/m0./s1. The van der Waals surface area contributed by atoms with E-state index in [1.54, 1.807) is 30.5 Å². The molecule has 0 bridgehead atoms. The minimum atomic E-state index is -0.956. The molecule has 0 unspecified atom stereocenters. The molecule has 12 nitrogen and oxygen atoms in total. The van der Waals surface area contributed by atoms with Gasteiger partial charge in [0.2, 0.25) is 11.8 Å². The first-order valence-electron chi connectivity index (χ1n) is 16.0. The van der Waals surface area contributed by atoms with Gasteiger partial charge in [-0.05, 0) is 107 Å². The number of halogens is 1. The van der Waals surface area contributed by atoms with Gasteiger partial charge in [-0.25, -0.2) is 14.7 Å². The van der Waals surface area contributed by atoms with Crippen molar-refractivity contribution in [1.29, 1.82) is 0 Å². The van der Waals surface area contributed by atoms with Gasteiger partial charge in [-0.2, -0.15) is 0 Å². The number of carbonyl (C=O) groups is 2. The molecule has 0 radical (unpaired) electrons. The number of nitrogens with zero attached hydrogens (tertiary/aromatic N) is 4. The topological polar surface area (TPSA) is 174 Å². The molecule has 5 rings (SSSR count). The number of hydrogen-bond donors (Lipinski definition) is 3. The van der Waals surface area contributed by atoms with Crippen molar-refractivity contribution in [3.05, 3.63) is 83.0 Å². The summed E-state index contributed by atoms with van der Waals surface area (Å²) in [5, 5.41) is 3.71. The molecule has 0 saturated heterocycles. The third-order valence-corrected chi connectivity index (χ3v) is 8.61. The lowest BCUT2D eigenvalue weighted by molar-refractivity contribution is -0.130. The highest BCUT2D eigenvalue weighted by atomic mass is 35.5. The second-order valence-electron chi connectivity index (χ2n) is 12.4. The van der Waals surface area contributed by atoms with Crippen LogP contribution in [0.1, 0.15) is 37.7 Å². The number of nitrogens with two attached hydrogens (primary N) is 2. The molecule has 256 valence electrons. The summed E-state index contributed by atoms with van der Waals surface area (Å²) in [5.41, 5.74) is 16.1. The second kappa shape index (κ2) is 17.2. The number of amides is 2. The Hall–Kier alpha value is -4.36. The summed E-state index contributed by atoms with van der Waals surface area (Å²) in [6.07, 6.45) is 5.96. The number of pyridine rings is 1. The monoisotopic (exact) mass is 677 g/mol. The lowest BCUT2D eigenvalue weighted by Gasteiger charge is -2.32. The van der Waals surface area contributed by atoms with E-state index in [1.165, 1.54) is 4.90 Å². The van der Waals surface area contributed by atoms with E-state index in [-0.39, 0.29) is 36.5 Å². The zero-order valence-electron chi connectivity index (χ0n) is 27.3. The molecule has 2 amide bonds. The number of nitrogens with one attached hydrogen (secondary N) is 1. The molecule has 13 heteroatoms. The van der Waals surface area contributed by atoms with Crippen LogP contribution in [0.3, 0.4) is 0 Å². The molecular weight excluding hydrogens is 634 g/mol. The van der Waals surface area contributed by atoms with Gasteiger partial charge >= 0.3 is 5.76 Å². The van der Waals surface area contributed by atoms with Crippen molar-refractivity contribution < 1.29 is 18.8 Å². The lowest BCUT2D eigenvalue weighted by Crippen LogP contribution is -2.50. The number of H-pyrrole nitrogens is 1. The summed E-state index contributed by atoms with van der Waals surface area (Å²) in [4.78, 5) is 49.5. The van der Waals surface area contributed by atoms with Crippen molar-refractivity contribution in [3.63, 3.8) is 0 Å². The zero-order valence-corrected chi connectivity index (χ0v) is 28.2. The van der Waals surface area contributed by atoms with Crippen molar-refractivity contribution in [3.8, 4) is 28.4 Å². The maximum atomic E-state index is 13.9. The molecule has 1 aliphatic rings. The smallest absolute Gasteiger partial charge is 0.439 e. The number of rotatable bonds is 13. The van der Waals surface area contributed by atoms with Crippen LogP contribution < -0.4 is 26.9 Å². The maximum absolute atomic E-state index is 13.9. The number of anilines is 1. The van der Waals surface area contributed by atoms with Crippen LogP contribution in [-0.4, -0.2) is 71.7 Å². The fraction of sp³-hybridized carbons (Fsp3) is 0.400. The number of ether oxygens (including phenoxy) is 1. The van der Waals surface area contributed by atoms with Crippen molar-refractivity contribution in [2.75, 3.05) is 38.7 Å². The van der Waals surface area contributed by atoms with Crippen molar-refractivity contribution in [2.45, 2.75) is 44.6 Å². The Morgan fingerprint density at radius 3 is 2.23 bits per heavy atom. The predicted octanol–water partition coefficient (Wildman–Crippen LogP) is 4.04. The quantitative estimate of drug-likeness (QED) is 0.175. The number of aromatic nitrogens is 3. The van der Waals surface area contributed by atoms with Gasteiger partial charge in [0.15, 0.2) is 5.82 Å². The molecule has 4 aromatic rings. The number of carbonyl (C=O) groups excluding carboxylic acids is 2. The first kappa shape index (κ1) is 36.5. The van der Waals surface area contributed by atoms with Gasteiger partial charge in [-0.3, -0.25) is 19.1 Å². The molecule has 2 aromatic carbocycles. The van der Waals surface area contributed by atoms with Crippen LogP contribution in [0.25, 0.3) is 22.5 Å². The Morgan fingerprint density at radius 1 is 0.979 bits per heavy atom. The minimum Gasteiger partial charge on any atom is -0.478 e. The molecule has 0 spiro atoms. The van der Waals surface area contributed by atoms with E-state index in [0.29, 0.717) is 49.0 Å². The van der Waals surface area contributed by atoms with Crippen LogP contribution in [0.15, 0.2) is 76.2 Å². The second-order valence-corrected chi connectivity index (χ2v) is 12.4. The van der Waals surface area contributed by atoms with Crippen molar-refractivity contribution in [2.24, 2.45) is 23.3 Å². The summed E-state index contributed by atoms with van der Waals surface area (Å²) >= 11 is 0. The van der Waals surface area contributed by atoms with Crippen LogP contribution in [0, 0.1) is 11.8 Å². The molecule has 2 aromatic heterocycles. The van der Waals surface area contributed by atoms with Gasteiger partial charge in [-0.15, -0.1) is 12.4 Å². The van der Waals surface area contributed by atoms with Crippen LogP contribution in [-0.2, 0) is 16.0 Å². The highest BCUT2D eigenvalue weighted by molar-refractivity contribution is 6.17. The normalized spacial score (nSPS) is 16.6. The van der Waals surface area contributed by atoms with Gasteiger partial charge in [0.25, 0.3) is 5.91 Å². The van der Waals surface area contributed by atoms with Gasteiger partial charge in [0.05, 0.1) is 18.3 Å². The van der Waals surface area contributed by atoms with Crippen molar-refractivity contribution in [1.82, 2.24) is 20.0 Å². The van der Waals surface area contributed by atoms with E-state index in [0.717, 1.165) is 42.5 Å². The average molecular weight is 678 g/mol. The summed E-state index contributed by atoms with van der Waals surface area (Å²) in [7, 11) is 4.06. The van der Waals surface area contributed by atoms with Gasteiger partial charge in [-0.1, -0.05) is 29.4 Å². The molecule has 48 heavy (non-hydrogen) atoms. The first-order valence-corrected chi connectivity index (χ1v) is 16.0. The Labute approximate surface area is 286 Å². The first-order chi connectivity index (χ1) is 22.7. The number of imide groups is 1. The Bertz CT molecular complexity index is 1670. The Balaban J connectivity index is 0.00000520. The van der Waals surface area contributed by atoms with Gasteiger partial charge in [0.1, 0.15) is 0 Å². The van der Waals surface area contributed by atoms with Gasteiger partial charge in [0, 0.05) is 35.9 Å². The average Bonchev–Trinajstić information content (AvgIpc) is 3.53. The van der Waals surface area contributed by atoms with E-state index >= 15 is 0 Å². The molecule has 5 N–H and O–H groups in total. The van der Waals surface area contributed by atoms with E-state index in [2.05, 4.69) is 24.5 Å². The minimum absolute atomic E-state index is 0. The fourth-order valence-corrected chi connectivity index (χ4v) is 5.85. The van der Waals surface area contributed by atoms with Gasteiger partial charge < -0.3 is 21.1 Å². The summed E-state index contributed by atoms with van der Waals surface area (Å²) in [6, 6.07) is 17.3. The molecule has 1 atom stereocenters. The fourth-order valence-electron chi connectivity index (χ4n) is 5.85. The van der Waals surface area contributed by atoms with Crippen LogP contribution in [0.2, 0.25) is 0 Å². The molecule has 1 aliphatic carbocycles. The maximum Gasteiger partial charge on any atom is 0.439 e. The predicted molar refractivity (Wildman–Crippen MR) is 187 cm³/mol. The number of benzene rings is 2. The van der Waals surface area contributed by atoms with Crippen LogP contribution in [0.5, 0.6) is 5.88 Å².